The number of ether oxygens (including phenoxy) is 1. The van der Waals surface area contributed by atoms with Crippen molar-refractivity contribution in [1.82, 2.24) is 20.1 Å². The Bertz CT molecular complexity index is 1050. The van der Waals surface area contributed by atoms with Gasteiger partial charge in [-0.2, -0.15) is 5.10 Å². The molecule has 30 heavy (non-hydrogen) atoms. The first-order valence-electron chi connectivity index (χ1n) is 10.2. The van der Waals surface area contributed by atoms with Gasteiger partial charge in [-0.1, -0.05) is 12.1 Å². The molecule has 0 radical (unpaired) electrons. The first-order valence-corrected chi connectivity index (χ1v) is 10.2. The summed E-state index contributed by atoms with van der Waals surface area (Å²) < 4.78 is 5.49. The van der Waals surface area contributed by atoms with Crippen LogP contribution in [0.5, 0.6) is 5.75 Å². The summed E-state index contributed by atoms with van der Waals surface area (Å²) in [5.74, 6) is 2.05. The number of nitrogens with one attached hydrogen (secondary N) is 2. The van der Waals surface area contributed by atoms with Gasteiger partial charge in [0, 0.05) is 55.5 Å². The number of carbonyl (C=O) groups excluding carboxylic acids is 1. The molecule has 2 N–H and O–H groups in total. The number of rotatable bonds is 6. The Morgan fingerprint density at radius 1 is 1.33 bits per heavy atom. The summed E-state index contributed by atoms with van der Waals surface area (Å²) in [7, 11) is 1.69. The summed E-state index contributed by atoms with van der Waals surface area (Å²) in [6, 6.07) is 10.2. The van der Waals surface area contributed by atoms with E-state index in [0.29, 0.717) is 6.54 Å². The Hall–Kier alpha value is -3.35. The number of H-pyrrole nitrogens is 1. The number of hydrogen-bond acceptors (Lipinski definition) is 5. The van der Waals surface area contributed by atoms with E-state index in [-0.39, 0.29) is 11.8 Å². The van der Waals surface area contributed by atoms with Crippen molar-refractivity contribution in [3.63, 3.8) is 0 Å². The molecule has 4 rings (SSSR count). The minimum Gasteiger partial charge on any atom is -0.496 e. The lowest BCUT2D eigenvalue weighted by Crippen LogP contribution is -2.25. The average molecular weight is 406 g/mol. The number of methoxy groups -OCH3 is 1. The van der Waals surface area contributed by atoms with E-state index in [1.54, 1.807) is 20.2 Å². The second-order valence-corrected chi connectivity index (χ2v) is 7.75. The predicted molar refractivity (Wildman–Crippen MR) is 116 cm³/mol. The largest absolute Gasteiger partial charge is 0.496 e. The molecule has 0 spiro atoms. The monoisotopic (exact) mass is 405 g/mol. The third-order valence-electron chi connectivity index (χ3n) is 5.68. The topological polar surface area (TPSA) is 83.1 Å². The molecule has 2 aromatic heterocycles. The van der Waals surface area contributed by atoms with Gasteiger partial charge in [0.1, 0.15) is 11.6 Å². The highest BCUT2D eigenvalue weighted by atomic mass is 16.5. The molecule has 0 unspecified atom stereocenters. The molecular formula is C23H27N5O2. The summed E-state index contributed by atoms with van der Waals surface area (Å²) in [6.45, 7) is 5.82. The number of aromatic amines is 1. The van der Waals surface area contributed by atoms with E-state index < -0.39 is 0 Å². The zero-order valence-electron chi connectivity index (χ0n) is 17.6. The van der Waals surface area contributed by atoms with Gasteiger partial charge in [0.2, 0.25) is 5.91 Å². The van der Waals surface area contributed by atoms with Crippen LogP contribution >= 0.6 is 0 Å². The number of nitrogens with zero attached hydrogens (tertiary/aromatic N) is 3. The van der Waals surface area contributed by atoms with Crippen LogP contribution in [0.15, 0.2) is 42.7 Å². The normalized spacial score (nSPS) is 16.0. The van der Waals surface area contributed by atoms with E-state index in [9.17, 15) is 4.79 Å². The van der Waals surface area contributed by atoms with Gasteiger partial charge in [0.05, 0.1) is 13.3 Å². The van der Waals surface area contributed by atoms with Gasteiger partial charge in [-0.05, 0) is 42.7 Å². The number of benzene rings is 1. The van der Waals surface area contributed by atoms with Crippen LogP contribution in [0.3, 0.4) is 0 Å². The first-order chi connectivity index (χ1) is 14.5. The summed E-state index contributed by atoms with van der Waals surface area (Å²) in [5.41, 5.74) is 5.43. The summed E-state index contributed by atoms with van der Waals surface area (Å²) in [4.78, 5) is 18.0. The molecule has 1 aliphatic heterocycles. The molecule has 1 atom stereocenters. The highest BCUT2D eigenvalue weighted by molar-refractivity contribution is 5.74. The lowest BCUT2D eigenvalue weighted by atomic mass is 9.97. The van der Waals surface area contributed by atoms with Crippen molar-refractivity contribution in [1.29, 1.82) is 0 Å². The second-order valence-electron chi connectivity index (χ2n) is 7.75. The molecule has 1 aliphatic rings. The van der Waals surface area contributed by atoms with E-state index in [1.807, 2.05) is 36.2 Å². The maximum absolute atomic E-state index is 11.7. The van der Waals surface area contributed by atoms with Crippen molar-refractivity contribution in [3.05, 3.63) is 59.5 Å². The van der Waals surface area contributed by atoms with Gasteiger partial charge < -0.3 is 15.0 Å². The van der Waals surface area contributed by atoms with Crippen LogP contribution in [0.2, 0.25) is 0 Å². The maximum atomic E-state index is 11.7. The van der Waals surface area contributed by atoms with Gasteiger partial charge >= 0.3 is 0 Å². The van der Waals surface area contributed by atoms with Crippen molar-refractivity contribution in [2.75, 3.05) is 25.5 Å². The summed E-state index contributed by atoms with van der Waals surface area (Å²) in [6.07, 6.45) is 4.60. The molecular weight excluding hydrogens is 378 g/mol. The predicted octanol–water partition coefficient (Wildman–Crippen LogP) is 3.74. The average Bonchev–Trinajstić information content (AvgIpc) is 3.42. The molecule has 0 aliphatic carbocycles. The van der Waals surface area contributed by atoms with E-state index in [1.165, 1.54) is 5.56 Å². The van der Waals surface area contributed by atoms with Crippen molar-refractivity contribution in [2.45, 2.75) is 32.7 Å². The SMILES string of the molecule is COc1cc(C)ccc1CNc1cc(-c2cn[nH]c2[C@@H]2CCN(C(C)=O)C2)ccn1. The van der Waals surface area contributed by atoms with Crippen LogP contribution in [0.1, 0.15) is 36.1 Å². The Kier molecular flexibility index (Phi) is 5.70. The summed E-state index contributed by atoms with van der Waals surface area (Å²) in [5, 5.41) is 10.8. The van der Waals surface area contributed by atoms with E-state index in [0.717, 1.165) is 53.5 Å². The van der Waals surface area contributed by atoms with E-state index in [4.69, 9.17) is 4.74 Å². The fraction of sp³-hybridized carbons (Fsp3) is 0.348. The molecule has 1 saturated heterocycles. The maximum Gasteiger partial charge on any atom is 0.219 e. The number of anilines is 1. The molecule has 7 heteroatoms. The number of pyridine rings is 1. The molecule has 156 valence electrons. The van der Waals surface area contributed by atoms with Crippen LogP contribution in [0, 0.1) is 6.92 Å². The number of likely N-dealkylation sites (tertiary alicyclic amines) is 1. The smallest absolute Gasteiger partial charge is 0.219 e. The van der Waals surface area contributed by atoms with Crippen LogP contribution < -0.4 is 10.1 Å². The van der Waals surface area contributed by atoms with Crippen LogP contribution in [0.4, 0.5) is 5.82 Å². The van der Waals surface area contributed by atoms with Crippen LogP contribution in [-0.2, 0) is 11.3 Å². The Labute approximate surface area is 176 Å². The lowest BCUT2D eigenvalue weighted by molar-refractivity contribution is -0.127. The van der Waals surface area contributed by atoms with Gasteiger partial charge in [0.15, 0.2) is 0 Å². The zero-order valence-corrected chi connectivity index (χ0v) is 17.6. The number of hydrogen-bond donors (Lipinski definition) is 2. The molecule has 0 bridgehead atoms. The van der Waals surface area contributed by atoms with E-state index >= 15 is 0 Å². The lowest BCUT2D eigenvalue weighted by Gasteiger charge is -2.14. The van der Waals surface area contributed by atoms with Crippen molar-refractivity contribution < 1.29 is 9.53 Å². The fourth-order valence-corrected chi connectivity index (χ4v) is 4.00. The molecule has 1 amide bonds. The molecule has 3 aromatic rings. The van der Waals surface area contributed by atoms with Crippen LogP contribution in [-0.4, -0.2) is 46.2 Å². The molecule has 0 saturated carbocycles. The summed E-state index contributed by atoms with van der Waals surface area (Å²) >= 11 is 0. The Morgan fingerprint density at radius 2 is 2.20 bits per heavy atom. The highest BCUT2D eigenvalue weighted by Gasteiger charge is 2.28. The Balaban J connectivity index is 1.51. The fourth-order valence-electron chi connectivity index (χ4n) is 4.00. The molecule has 3 heterocycles. The van der Waals surface area contributed by atoms with Crippen molar-refractivity contribution in [3.8, 4) is 16.9 Å². The first kappa shape index (κ1) is 19.9. The van der Waals surface area contributed by atoms with Gasteiger partial charge in [-0.15, -0.1) is 0 Å². The second kappa shape index (κ2) is 8.57. The highest BCUT2D eigenvalue weighted by Crippen LogP contribution is 2.34. The standard InChI is InChI=1S/C23H27N5O2/c1-15-4-5-18(21(10-15)30-3)12-25-22-11-17(6-8-24-22)20-13-26-27-23(20)19-7-9-28(14-19)16(2)29/h4-6,8,10-11,13,19H,7,9,12,14H2,1-3H3,(H,24,25)(H,26,27)/t19-/m1/s1. The van der Waals surface area contributed by atoms with Crippen LogP contribution in [0.25, 0.3) is 11.1 Å². The third-order valence-corrected chi connectivity index (χ3v) is 5.68. The number of aryl methyl sites for hydroxylation is 1. The van der Waals surface area contributed by atoms with Gasteiger partial charge in [0.25, 0.3) is 0 Å². The zero-order chi connectivity index (χ0) is 21.1. The minimum atomic E-state index is 0.125. The molecule has 1 aromatic carbocycles. The van der Waals surface area contributed by atoms with E-state index in [2.05, 4.69) is 32.6 Å². The van der Waals surface area contributed by atoms with Crippen molar-refractivity contribution in [2.24, 2.45) is 0 Å². The van der Waals surface area contributed by atoms with Crippen molar-refractivity contribution >= 4 is 11.7 Å². The minimum absolute atomic E-state index is 0.125. The van der Waals surface area contributed by atoms with Gasteiger partial charge in [-0.25, -0.2) is 4.98 Å². The Morgan fingerprint density at radius 3 is 2.97 bits per heavy atom. The van der Waals surface area contributed by atoms with Gasteiger partial charge in [-0.3, -0.25) is 9.89 Å². The quantitative estimate of drug-likeness (QED) is 0.653. The number of carbonyl (C=O) groups is 1. The third kappa shape index (κ3) is 4.15. The number of aromatic nitrogens is 3. The number of amides is 1. The molecule has 1 fully saturated rings. The molecule has 7 nitrogen and oxygen atoms in total.